The number of methoxy groups -OCH3 is 1. The van der Waals surface area contributed by atoms with E-state index in [0.29, 0.717) is 11.6 Å². The minimum Gasteiger partial charge on any atom is -0.497 e. The number of thioether (sulfide) groups is 1. The SMILES string of the molecule is COc1cccc(-n2cnnc2SCCOc2cccc(Cl)c2)c1. The Morgan fingerprint density at radius 3 is 2.79 bits per heavy atom. The smallest absolute Gasteiger partial charge is 0.195 e. The molecule has 1 aromatic heterocycles. The monoisotopic (exact) mass is 361 g/mol. The summed E-state index contributed by atoms with van der Waals surface area (Å²) in [5.41, 5.74) is 0.956. The van der Waals surface area contributed by atoms with E-state index in [-0.39, 0.29) is 0 Å². The summed E-state index contributed by atoms with van der Waals surface area (Å²) in [4.78, 5) is 0. The van der Waals surface area contributed by atoms with E-state index in [2.05, 4.69) is 10.2 Å². The zero-order chi connectivity index (χ0) is 16.8. The fourth-order valence-corrected chi connectivity index (χ4v) is 3.04. The van der Waals surface area contributed by atoms with Crippen LogP contribution in [0.5, 0.6) is 11.5 Å². The number of hydrogen-bond acceptors (Lipinski definition) is 5. The number of nitrogens with zero attached hydrogens (tertiary/aromatic N) is 3. The first kappa shape index (κ1) is 16.7. The van der Waals surface area contributed by atoms with E-state index < -0.39 is 0 Å². The highest BCUT2D eigenvalue weighted by Gasteiger charge is 2.08. The summed E-state index contributed by atoms with van der Waals surface area (Å²) in [5, 5.41) is 9.63. The van der Waals surface area contributed by atoms with Crippen LogP contribution in [0.25, 0.3) is 5.69 Å². The predicted octanol–water partition coefficient (Wildman–Crippen LogP) is 4.10. The highest BCUT2D eigenvalue weighted by molar-refractivity contribution is 7.99. The number of hydrogen-bond donors (Lipinski definition) is 0. The van der Waals surface area contributed by atoms with E-state index in [1.54, 1.807) is 31.3 Å². The number of benzene rings is 2. The summed E-state index contributed by atoms with van der Waals surface area (Å²) in [5.74, 6) is 2.30. The van der Waals surface area contributed by atoms with Gasteiger partial charge in [-0.2, -0.15) is 0 Å². The first-order chi connectivity index (χ1) is 11.8. The maximum Gasteiger partial charge on any atom is 0.195 e. The number of rotatable bonds is 7. The molecule has 0 spiro atoms. The third-order valence-electron chi connectivity index (χ3n) is 3.23. The second kappa shape index (κ2) is 8.08. The van der Waals surface area contributed by atoms with E-state index in [9.17, 15) is 0 Å². The summed E-state index contributed by atoms with van der Waals surface area (Å²) >= 11 is 7.51. The molecule has 5 nitrogen and oxygen atoms in total. The van der Waals surface area contributed by atoms with Gasteiger partial charge in [-0.3, -0.25) is 4.57 Å². The lowest BCUT2D eigenvalue weighted by atomic mass is 10.3. The average molecular weight is 362 g/mol. The Labute approximate surface area is 149 Å². The topological polar surface area (TPSA) is 49.2 Å². The second-order valence-electron chi connectivity index (χ2n) is 4.84. The van der Waals surface area contributed by atoms with Crippen LogP contribution in [-0.2, 0) is 0 Å². The summed E-state index contributed by atoms with van der Waals surface area (Å²) in [7, 11) is 1.65. The maximum atomic E-state index is 5.94. The Kier molecular flexibility index (Phi) is 5.61. The lowest BCUT2D eigenvalue weighted by Crippen LogP contribution is -2.02. The molecule has 3 aromatic rings. The van der Waals surface area contributed by atoms with E-state index >= 15 is 0 Å². The molecule has 0 aliphatic heterocycles. The van der Waals surface area contributed by atoms with E-state index in [1.165, 1.54) is 0 Å². The molecule has 1 heterocycles. The van der Waals surface area contributed by atoms with Crippen molar-refractivity contribution < 1.29 is 9.47 Å². The van der Waals surface area contributed by atoms with Crippen LogP contribution in [0.2, 0.25) is 5.02 Å². The van der Waals surface area contributed by atoms with Crippen LogP contribution in [0.4, 0.5) is 0 Å². The zero-order valence-electron chi connectivity index (χ0n) is 13.1. The van der Waals surface area contributed by atoms with Gasteiger partial charge in [-0.25, -0.2) is 0 Å². The van der Waals surface area contributed by atoms with Crippen molar-refractivity contribution in [2.24, 2.45) is 0 Å². The largest absolute Gasteiger partial charge is 0.497 e. The normalized spacial score (nSPS) is 10.6. The van der Waals surface area contributed by atoms with Gasteiger partial charge in [0.15, 0.2) is 5.16 Å². The molecule has 0 aliphatic carbocycles. The molecule has 2 aromatic carbocycles. The first-order valence-electron chi connectivity index (χ1n) is 7.32. The number of ether oxygens (including phenoxy) is 2. The number of aromatic nitrogens is 3. The molecule has 24 heavy (non-hydrogen) atoms. The molecule has 0 atom stereocenters. The van der Waals surface area contributed by atoms with Gasteiger partial charge in [-0.05, 0) is 30.3 Å². The molecule has 3 rings (SSSR count). The van der Waals surface area contributed by atoms with Crippen molar-refractivity contribution in [2.75, 3.05) is 19.5 Å². The van der Waals surface area contributed by atoms with Crippen molar-refractivity contribution in [3.8, 4) is 17.2 Å². The molecule has 0 unspecified atom stereocenters. The average Bonchev–Trinajstić information content (AvgIpc) is 3.07. The minimum atomic E-state index is 0.552. The quantitative estimate of drug-likeness (QED) is 0.468. The third-order valence-corrected chi connectivity index (χ3v) is 4.37. The molecular formula is C17H16ClN3O2S. The van der Waals surface area contributed by atoms with Crippen molar-refractivity contribution in [3.63, 3.8) is 0 Å². The van der Waals surface area contributed by atoms with Crippen LogP contribution >= 0.6 is 23.4 Å². The van der Waals surface area contributed by atoms with E-state index in [4.69, 9.17) is 21.1 Å². The van der Waals surface area contributed by atoms with Gasteiger partial charge in [0.2, 0.25) is 0 Å². The van der Waals surface area contributed by atoms with Crippen LogP contribution < -0.4 is 9.47 Å². The fourth-order valence-electron chi connectivity index (χ4n) is 2.11. The van der Waals surface area contributed by atoms with Crippen LogP contribution in [0, 0.1) is 0 Å². The van der Waals surface area contributed by atoms with Crippen LogP contribution in [-0.4, -0.2) is 34.2 Å². The van der Waals surface area contributed by atoms with Gasteiger partial charge >= 0.3 is 0 Å². The van der Waals surface area contributed by atoms with Crippen LogP contribution in [0.1, 0.15) is 0 Å². The Balaban J connectivity index is 1.59. The fraction of sp³-hybridized carbons (Fsp3) is 0.176. The Morgan fingerprint density at radius 2 is 1.96 bits per heavy atom. The molecule has 124 valence electrons. The Hall–Kier alpha value is -2.18. The molecular weight excluding hydrogens is 346 g/mol. The predicted molar refractivity (Wildman–Crippen MR) is 95.6 cm³/mol. The molecule has 0 saturated heterocycles. The van der Waals surface area contributed by atoms with Gasteiger partial charge in [0.05, 0.1) is 19.4 Å². The van der Waals surface area contributed by atoms with Gasteiger partial charge in [0.25, 0.3) is 0 Å². The van der Waals surface area contributed by atoms with Crippen molar-refractivity contribution in [3.05, 3.63) is 59.9 Å². The summed E-state index contributed by atoms with van der Waals surface area (Å²) in [6.45, 7) is 0.552. The van der Waals surface area contributed by atoms with Crippen molar-refractivity contribution in [1.29, 1.82) is 0 Å². The lowest BCUT2D eigenvalue weighted by Gasteiger charge is -2.09. The minimum absolute atomic E-state index is 0.552. The zero-order valence-corrected chi connectivity index (χ0v) is 14.6. The summed E-state index contributed by atoms with van der Waals surface area (Å²) in [6, 6.07) is 15.1. The van der Waals surface area contributed by atoms with E-state index in [0.717, 1.165) is 28.1 Å². The van der Waals surface area contributed by atoms with Gasteiger partial charge in [-0.15, -0.1) is 10.2 Å². The van der Waals surface area contributed by atoms with Crippen molar-refractivity contribution in [1.82, 2.24) is 14.8 Å². The lowest BCUT2D eigenvalue weighted by molar-refractivity contribution is 0.344. The highest BCUT2D eigenvalue weighted by atomic mass is 35.5. The standard InChI is InChI=1S/C17H16ClN3O2S/c1-22-15-6-3-5-14(11-15)21-12-19-20-17(21)24-9-8-23-16-7-2-4-13(18)10-16/h2-7,10-12H,8-9H2,1H3. The Morgan fingerprint density at radius 1 is 1.12 bits per heavy atom. The molecule has 0 aliphatic rings. The Bertz CT molecular complexity index is 810. The summed E-state index contributed by atoms with van der Waals surface area (Å²) in [6.07, 6.45) is 1.69. The van der Waals surface area contributed by atoms with Gasteiger partial charge in [0.1, 0.15) is 17.8 Å². The second-order valence-corrected chi connectivity index (χ2v) is 6.34. The number of halogens is 1. The maximum absolute atomic E-state index is 5.94. The molecule has 0 bridgehead atoms. The first-order valence-corrected chi connectivity index (χ1v) is 8.68. The van der Waals surface area contributed by atoms with E-state index in [1.807, 2.05) is 47.0 Å². The van der Waals surface area contributed by atoms with Gasteiger partial charge < -0.3 is 9.47 Å². The van der Waals surface area contributed by atoms with Crippen molar-refractivity contribution >= 4 is 23.4 Å². The molecule has 7 heteroatoms. The highest BCUT2D eigenvalue weighted by Crippen LogP contribution is 2.23. The van der Waals surface area contributed by atoms with Gasteiger partial charge in [-0.1, -0.05) is 35.5 Å². The van der Waals surface area contributed by atoms with Gasteiger partial charge in [0, 0.05) is 16.8 Å². The van der Waals surface area contributed by atoms with Crippen LogP contribution in [0.3, 0.4) is 0 Å². The van der Waals surface area contributed by atoms with Crippen LogP contribution in [0.15, 0.2) is 60.0 Å². The molecule has 0 fully saturated rings. The molecule has 0 radical (unpaired) electrons. The summed E-state index contributed by atoms with van der Waals surface area (Å²) < 4.78 is 12.9. The van der Waals surface area contributed by atoms with Crippen molar-refractivity contribution in [2.45, 2.75) is 5.16 Å². The molecule has 0 saturated carbocycles. The molecule has 0 N–H and O–H groups in total. The molecule has 0 amide bonds. The third kappa shape index (κ3) is 4.21.